The number of carbonyl (C=O) groups is 2. The lowest BCUT2D eigenvalue weighted by atomic mass is 10.1. The molecule has 3 aromatic rings. The molecule has 0 radical (unpaired) electrons. The molecule has 32 heavy (non-hydrogen) atoms. The van der Waals surface area contributed by atoms with Crippen molar-refractivity contribution in [1.29, 1.82) is 0 Å². The largest absolute Gasteiger partial charge is 0.366 e. The number of piperazine rings is 1. The molecule has 1 amide bonds. The van der Waals surface area contributed by atoms with E-state index in [0.29, 0.717) is 17.8 Å². The highest BCUT2D eigenvalue weighted by Crippen LogP contribution is 2.27. The molecule has 1 aliphatic rings. The molecule has 1 fully saturated rings. The van der Waals surface area contributed by atoms with Gasteiger partial charge in [-0.25, -0.2) is 9.67 Å². The van der Waals surface area contributed by atoms with Gasteiger partial charge in [-0.15, -0.1) is 0 Å². The number of anilines is 2. The summed E-state index contributed by atoms with van der Waals surface area (Å²) >= 11 is 0. The molecule has 0 saturated carbocycles. The van der Waals surface area contributed by atoms with E-state index in [1.807, 2.05) is 29.8 Å². The lowest BCUT2D eigenvalue weighted by Gasteiger charge is -2.35. The van der Waals surface area contributed by atoms with E-state index in [9.17, 15) is 9.59 Å². The van der Waals surface area contributed by atoms with Crippen molar-refractivity contribution in [3.63, 3.8) is 0 Å². The summed E-state index contributed by atoms with van der Waals surface area (Å²) in [6.45, 7) is 9.22. The Morgan fingerprint density at radius 1 is 1.00 bits per heavy atom. The summed E-state index contributed by atoms with van der Waals surface area (Å²) in [7, 11) is 0. The van der Waals surface area contributed by atoms with Gasteiger partial charge in [0.1, 0.15) is 0 Å². The first-order chi connectivity index (χ1) is 15.4. The van der Waals surface area contributed by atoms with Gasteiger partial charge in [0.25, 0.3) is 0 Å². The third kappa shape index (κ3) is 4.70. The van der Waals surface area contributed by atoms with E-state index in [4.69, 9.17) is 5.10 Å². The summed E-state index contributed by atoms with van der Waals surface area (Å²) in [5, 5.41) is 7.61. The fraction of sp³-hybridized carbons (Fsp3) is 0.333. The van der Waals surface area contributed by atoms with Gasteiger partial charge in [0.05, 0.1) is 23.6 Å². The summed E-state index contributed by atoms with van der Waals surface area (Å²) in [5.41, 5.74) is 4.53. The van der Waals surface area contributed by atoms with E-state index in [-0.39, 0.29) is 11.7 Å². The zero-order valence-corrected chi connectivity index (χ0v) is 18.7. The van der Waals surface area contributed by atoms with Gasteiger partial charge in [0, 0.05) is 43.6 Å². The van der Waals surface area contributed by atoms with Crippen molar-refractivity contribution in [3.8, 4) is 5.82 Å². The molecule has 8 heteroatoms. The first kappa shape index (κ1) is 21.7. The van der Waals surface area contributed by atoms with Crippen LogP contribution in [-0.4, -0.2) is 64.1 Å². The fourth-order valence-electron chi connectivity index (χ4n) is 4.12. The number of hydrogen-bond acceptors (Lipinski definition) is 6. The van der Waals surface area contributed by atoms with Gasteiger partial charge < -0.3 is 10.2 Å². The van der Waals surface area contributed by atoms with Gasteiger partial charge >= 0.3 is 0 Å². The maximum absolute atomic E-state index is 12.5. The summed E-state index contributed by atoms with van der Waals surface area (Å²) < 4.78 is 1.89. The zero-order valence-electron chi connectivity index (χ0n) is 18.7. The van der Waals surface area contributed by atoms with Crippen LogP contribution in [0.2, 0.25) is 0 Å². The molecule has 1 aliphatic heterocycles. The summed E-state index contributed by atoms with van der Waals surface area (Å²) in [6.07, 6.45) is 1.77. The Hall–Kier alpha value is -3.52. The molecular weight excluding hydrogens is 404 g/mol. The molecule has 166 valence electrons. The molecule has 0 bridgehead atoms. The Kier molecular flexibility index (Phi) is 6.32. The van der Waals surface area contributed by atoms with Gasteiger partial charge in [0.2, 0.25) is 5.91 Å². The number of benzene rings is 1. The first-order valence-corrected chi connectivity index (χ1v) is 10.8. The summed E-state index contributed by atoms with van der Waals surface area (Å²) in [4.78, 5) is 32.8. The van der Waals surface area contributed by atoms with Crippen LogP contribution < -0.4 is 10.2 Å². The lowest BCUT2D eigenvalue weighted by Crippen LogP contribution is -2.49. The highest BCUT2D eigenvalue weighted by Gasteiger charge is 2.24. The van der Waals surface area contributed by atoms with E-state index in [0.717, 1.165) is 49.1 Å². The van der Waals surface area contributed by atoms with Crippen LogP contribution in [0.15, 0.2) is 48.7 Å². The summed E-state index contributed by atoms with van der Waals surface area (Å²) in [6, 6.07) is 12.8. The van der Waals surface area contributed by atoms with E-state index in [1.165, 1.54) is 6.92 Å². The Balaban J connectivity index is 1.34. The second-order valence-corrected chi connectivity index (χ2v) is 8.06. The highest BCUT2D eigenvalue weighted by atomic mass is 16.2. The molecular formula is C24H28N6O2. The molecule has 8 nitrogen and oxygen atoms in total. The minimum Gasteiger partial charge on any atom is -0.366 e. The molecule has 4 rings (SSSR count). The Morgan fingerprint density at radius 3 is 2.34 bits per heavy atom. The Bertz CT molecular complexity index is 1100. The third-order valence-electron chi connectivity index (χ3n) is 5.75. The van der Waals surface area contributed by atoms with Crippen LogP contribution >= 0.6 is 0 Å². The van der Waals surface area contributed by atoms with Crippen LogP contribution in [-0.2, 0) is 4.79 Å². The quantitative estimate of drug-likeness (QED) is 0.603. The molecule has 3 heterocycles. The number of Topliss-reactive ketones (excluding diaryl/α,β-unsaturated/α-hetero) is 1. The highest BCUT2D eigenvalue weighted by molar-refractivity contribution is 5.96. The Morgan fingerprint density at radius 2 is 1.72 bits per heavy atom. The average Bonchev–Trinajstić information content (AvgIpc) is 3.09. The number of nitrogens with one attached hydrogen (secondary N) is 1. The van der Waals surface area contributed by atoms with Gasteiger partial charge in [-0.1, -0.05) is 6.07 Å². The Labute approximate surface area is 187 Å². The van der Waals surface area contributed by atoms with Gasteiger partial charge in [-0.05, 0) is 57.2 Å². The second-order valence-electron chi connectivity index (χ2n) is 8.06. The number of aryl methyl sites for hydroxylation is 1. The van der Waals surface area contributed by atoms with Crippen LogP contribution in [0, 0.1) is 13.8 Å². The number of carbonyl (C=O) groups excluding carboxylic acids is 2. The van der Waals surface area contributed by atoms with Crippen molar-refractivity contribution in [1.82, 2.24) is 19.7 Å². The van der Waals surface area contributed by atoms with Crippen molar-refractivity contribution in [2.75, 3.05) is 42.9 Å². The second kappa shape index (κ2) is 9.32. The summed E-state index contributed by atoms with van der Waals surface area (Å²) in [5.74, 6) is 0.771. The predicted molar refractivity (Wildman–Crippen MR) is 125 cm³/mol. The van der Waals surface area contributed by atoms with E-state index < -0.39 is 0 Å². The third-order valence-corrected chi connectivity index (χ3v) is 5.75. The normalized spacial score (nSPS) is 14.4. The number of hydrogen-bond donors (Lipinski definition) is 1. The van der Waals surface area contributed by atoms with E-state index in [2.05, 4.69) is 27.0 Å². The van der Waals surface area contributed by atoms with E-state index in [1.54, 1.807) is 30.5 Å². The molecule has 0 atom stereocenters. The van der Waals surface area contributed by atoms with Crippen molar-refractivity contribution < 1.29 is 9.59 Å². The maximum atomic E-state index is 12.5. The molecule has 0 aliphatic carbocycles. The van der Waals surface area contributed by atoms with Crippen molar-refractivity contribution in [3.05, 3.63) is 65.6 Å². The van der Waals surface area contributed by atoms with Crippen LogP contribution in [0.1, 0.15) is 28.7 Å². The smallest absolute Gasteiger partial charge is 0.238 e. The molecule has 0 unspecified atom stereocenters. The predicted octanol–water partition coefficient (Wildman–Crippen LogP) is 2.85. The minimum atomic E-state index is -0.0515. The van der Waals surface area contributed by atoms with Crippen molar-refractivity contribution in [2.24, 2.45) is 0 Å². The zero-order chi connectivity index (χ0) is 22.7. The van der Waals surface area contributed by atoms with Crippen LogP contribution in [0.3, 0.4) is 0 Å². The number of aromatic nitrogens is 3. The maximum Gasteiger partial charge on any atom is 0.238 e. The van der Waals surface area contributed by atoms with E-state index >= 15 is 0 Å². The number of rotatable bonds is 6. The first-order valence-electron chi connectivity index (χ1n) is 10.8. The van der Waals surface area contributed by atoms with Crippen LogP contribution in [0.4, 0.5) is 11.4 Å². The van der Waals surface area contributed by atoms with Crippen LogP contribution in [0.5, 0.6) is 0 Å². The average molecular weight is 433 g/mol. The van der Waals surface area contributed by atoms with Crippen molar-refractivity contribution in [2.45, 2.75) is 20.8 Å². The lowest BCUT2D eigenvalue weighted by molar-refractivity contribution is -0.117. The topological polar surface area (TPSA) is 83.4 Å². The molecule has 1 saturated heterocycles. The minimum absolute atomic E-state index is 0.0109. The number of pyridine rings is 1. The van der Waals surface area contributed by atoms with Gasteiger partial charge in [-0.2, -0.15) is 5.10 Å². The number of nitrogens with zero attached hydrogens (tertiary/aromatic N) is 5. The molecule has 2 aromatic heterocycles. The molecule has 1 aromatic carbocycles. The standard InChI is InChI=1S/C24H28N6O2/c1-17-24(18(2)30(27-17)22-6-4-5-11-25-22)29-14-12-28(13-15-29)16-23(32)26-21-9-7-20(8-10-21)19(3)31/h4-11H,12-16H2,1-3H3,(H,26,32). The monoisotopic (exact) mass is 432 g/mol. The number of ketones is 1. The van der Waals surface area contributed by atoms with Gasteiger partial charge in [0.15, 0.2) is 11.6 Å². The van der Waals surface area contributed by atoms with Gasteiger partial charge in [-0.3, -0.25) is 14.5 Å². The van der Waals surface area contributed by atoms with Crippen molar-refractivity contribution >= 4 is 23.1 Å². The van der Waals surface area contributed by atoms with Crippen LogP contribution in [0.25, 0.3) is 5.82 Å². The fourth-order valence-corrected chi connectivity index (χ4v) is 4.12. The number of amides is 1. The molecule has 0 spiro atoms. The SMILES string of the molecule is CC(=O)c1ccc(NC(=O)CN2CCN(c3c(C)nn(-c4ccccn4)c3C)CC2)cc1. The molecule has 1 N–H and O–H groups in total.